The normalized spacial score (nSPS) is 24.7. The molecule has 0 N–H and O–H groups in total. The van der Waals surface area contributed by atoms with Crippen LogP contribution in [0.1, 0.15) is 25.3 Å². The molecule has 2 fully saturated rings. The highest BCUT2D eigenvalue weighted by molar-refractivity contribution is 5.81. The van der Waals surface area contributed by atoms with Gasteiger partial charge in [-0.1, -0.05) is 6.92 Å². The summed E-state index contributed by atoms with van der Waals surface area (Å²) < 4.78 is 57.8. The first kappa shape index (κ1) is 18.9. The number of anilines is 1. The lowest BCUT2D eigenvalue weighted by molar-refractivity contribution is -0.148. The molecule has 2 saturated heterocycles. The van der Waals surface area contributed by atoms with Gasteiger partial charge in [-0.3, -0.25) is 4.79 Å². The predicted molar refractivity (Wildman–Crippen MR) is 88.3 cm³/mol. The van der Waals surface area contributed by atoms with Crippen molar-refractivity contribution in [1.29, 1.82) is 0 Å². The van der Waals surface area contributed by atoms with Crippen LogP contribution in [0.5, 0.6) is 0 Å². The second kappa shape index (κ2) is 7.42. The van der Waals surface area contributed by atoms with E-state index in [1.165, 1.54) is 0 Å². The maximum atomic E-state index is 13.6. The number of hydrogen-bond acceptors (Lipinski definition) is 3. The lowest BCUT2D eigenvalue weighted by atomic mass is 9.99. The molecule has 0 saturated carbocycles. The van der Waals surface area contributed by atoms with Crippen molar-refractivity contribution in [3.05, 3.63) is 29.6 Å². The zero-order valence-corrected chi connectivity index (χ0v) is 14.6. The smallest absolute Gasteiger partial charge is 0.368 e. The number of benzene rings is 1. The van der Waals surface area contributed by atoms with E-state index in [0.29, 0.717) is 51.2 Å². The lowest BCUT2D eigenvalue weighted by Gasteiger charge is -2.38. The van der Waals surface area contributed by atoms with Crippen LogP contribution in [-0.4, -0.2) is 49.7 Å². The van der Waals surface area contributed by atoms with Gasteiger partial charge in [0, 0.05) is 31.9 Å². The number of halogens is 4. The SMILES string of the molecule is CC1CCC(C(=O)N2CCN(c3cc(F)cc(C(F)(F)F)c3)CC2)OC1. The predicted octanol–water partition coefficient (Wildman–Crippen LogP) is 3.31. The molecule has 2 aliphatic heterocycles. The molecule has 0 spiro atoms. The van der Waals surface area contributed by atoms with E-state index in [1.807, 2.05) is 0 Å². The monoisotopic (exact) mass is 374 g/mol. The zero-order valence-electron chi connectivity index (χ0n) is 14.6. The second-order valence-electron chi connectivity index (χ2n) is 7.01. The van der Waals surface area contributed by atoms with Gasteiger partial charge in [-0.15, -0.1) is 0 Å². The summed E-state index contributed by atoms with van der Waals surface area (Å²) in [6, 6.07) is 2.54. The summed E-state index contributed by atoms with van der Waals surface area (Å²) in [6.45, 7) is 4.12. The average Bonchev–Trinajstić information content (AvgIpc) is 2.61. The summed E-state index contributed by atoms with van der Waals surface area (Å²) in [5, 5.41) is 0. The Labute approximate surface area is 149 Å². The molecular formula is C18H22F4N2O2. The zero-order chi connectivity index (χ0) is 18.9. The maximum Gasteiger partial charge on any atom is 0.416 e. The van der Waals surface area contributed by atoms with Crippen molar-refractivity contribution in [3.8, 4) is 0 Å². The van der Waals surface area contributed by atoms with Crippen LogP contribution >= 0.6 is 0 Å². The number of rotatable bonds is 2. The van der Waals surface area contributed by atoms with Crippen molar-refractivity contribution >= 4 is 11.6 Å². The summed E-state index contributed by atoms with van der Waals surface area (Å²) in [5.41, 5.74) is -0.817. The van der Waals surface area contributed by atoms with Crippen molar-refractivity contribution < 1.29 is 27.1 Å². The number of ether oxygens (including phenoxy) is 1. The van der Waals surface area contributed by atoms with Crippen molar-refractivity contribution in [2.45, 2.75) is 32.0 Å². The van der Waals surface area contributed by atoms with Gasteiger partial charge in [0.25, 0.3) is 5.91 Å². The minimum Gasteiger partial charge on any atom is -0.368 e. The molecule has 3 rings (SSSR count). The number of carbonyl (C=O) groups excluding carboxylic acids is 1. The minimum absolute atomic E-state index is 0.0632. The van der Waals surface area contributed by atoms with E-state index in [2.05, 4.69) is 6.92 Å². The van der Waals surface area contributed by atoms with Gasteiger partial charge in [0.15, 0.2) is 0 Å². The fraction of sp³-hybridized carbons (Fsp3) is 0.611. The molecule has 1 aromatic rings. The van der Waals surface area contributed by atoms with Crippen molar-refractivity contribution in [2.24, 2.45) is 5.92 Å². The second-order valence-corrected chi connectivity index (χ2v) is 7.01. The minimum atomic E-state index is -4.59. The Hall–Kier alpha value is -1.83. The number of piperazine rings is 1. The Morgan fingerprint density at radius 2 is 1.81 bits per heavy atom. The standard InChI is InChI=1S/C18H22F4N2O2/c1-12-2-3-16(26-11-12)17(25)24-6-4-23(5-7-24)15-9-13(18(20,21)22)8-14(19)10-15/h8-10,12,16H,2-7,11H2,1H3. The number of carbonyl (C=O) groups is 1. The van der Waals surface area contributed by atoms with E-state index in [-0.39, 0.29) is 11.6 Å². The first-order chi connectivity index (χ1) is 12.2. The largest absolute Gasteiger partial charge is 0.416 e. The molecule has 0 aromatic heterocycles. The Morgan fingerprint density at radius 3 is 2.38 bits per heavy atom. The van der Waals surface area contributed by atoms with E-state index in [4.69, 9.17) is 4.74 Å². The molecule has 2 atom stereocenters. The van der Waals surface area contributed by atoms with Crippen LogP contribution < -0.4 is 4.90 Å². The quantitative estimate of drug-likeness (QED) is 0.745. The third kappa shape index (κ3) is 4.28. The highest BCUT2D eigenvalue weighted by Crippen LogP contribution is 2.33. The van der Waals surface area contributed by atoms with E-state index < -0.39 is 23.7 Å². The van der Waals surface area contributed by atoms with Crippen LogP contribution in [0.2, 0.25) is 0 Å². The Kier molecular flexibility index (Phi) is 5.41. The number of alkyl halides is 3. The highest BCUT2D eigenvalue weighted by Gasteiger charge is 2.33. The van der Waals surface area contributed by atoms with Gasteiger partial charge < -0.3 is 14.5 Å². The fourth-order valence-electron chi connectivity index (χ4n) is 3.39. The third-order valence-corrected chi connectivity index (χ3v) is 4.95. The van der Waals surface area contributed by atoms with E-state index in [0.717, 1.165) is 18.6 Å². The van der Waals surface area contributed by atoms with Gasteiger partial charge in [-0.2, -0.15) is 13.2 Å². The summed E-state index contributed by atoms with van der Waals surface area (Å²) in [6.07, 6.45) is -3.38. The van der Waals surface area contributed by atoms with Gasteiger partial charge in [-0.25, -0.2) is 4.39 Å². The Bertz CT molecular complexity index is 649. The summed E-state index contributed by atoms with van der Waals surface area (Å²) in [7, 11) is 0. The molecule has 144 valence electrons. The molecule has 0 bridgehead atoms. The molecule has 0 radical (unpaired) electrons. The van der Waals surface area contributed by atoms with Gasteiger partial charge >= 0.3 is 6.18 Å². The topological polar surface area (TPSA) is 32.8 Å². The van der Waals surface area contributed by atoms with Gasteiger partial charge in [0.2, 0.25) is 0 Å². The highest BCUT2D eigenvalue weighted by atomic mass is 19.4. The molecule has 8 heteroatoms. The molecule has 1 aromatic carbocycles. The van der Waals surface area contributed by atoms with Crippen molar-refractivity contribution in [3.63, 3.8) is 0 Å². The van der Waals surface area contributed by atoms with Crippen LogP contribution in [0.15, 0.2) is 18.2 Å². The number of nitrogens with zero attached hydrogens (tertiary/aromatic N) is 2. The van der Waals surface area contributed by atoms with Crippen LogP contribution in [0.3, 0.4) is 0 Å². The first-order valence-corrected chi connectivity index (χ1v) is 8.77. The molecule has 1 amide bonds. The van der Waals surface area contributed by atoms with E-state index in [9.17, 15) is 22.4 Å². The number of hydrogen-bond donors (Lipinski definition) is 0. The molecule has 0 aliphatic carbocycles. The molecule has 2 aliphatic rings. The maximum absolute atomic E-state index is 13.6. The van der Waals surface area contributed by atoms with E-state index in [1.54, 1.807) is 9.80 Å². The lowest BCUT2D eigenvalue weighted by Crippen LogP contribution is -2.52. The van der Waals surface area contributed by atoms with Gasteiger partial charge in [-0.05, 0) is 37.0 Å². The first-order valence-electron chi connectivity index (χ1n) is 8.77. The molecular weight excluding hydrogens is 352 g/mol. The molecule has 26 heavy (non-hydrogen) atoms. The van der Waals surface area contributed by atoms with Crippen LogP contribution in [-0.2, 0) is 15.7 Å². The third-order valence-electron chi connectivity index (χ3n) is 4.95. The van der Waals surface area contributed by atoms with Crippen LogP contribution in [0.4, 0.5) is 23.2 Å². The molecule has 2 unspecified atom stereocenters. The average molecular weight is 374 g/mol. The molecule has 2 heterocycles. The van der Waals surface area contributed by atoms with Gasteiger partial charge in [0.05, 0.1) is 12.2 Å². The molecule has 4 nitrogen and oxygen atoms in total. The summed E-state index contributed by atoms with van der Waals surface area (Å²) in [4.78, 5) is 15.9. The van der Waals surface area contributed by atoms with Crippen LogP contribution in [0, 0.1) is 11.7 Å². The fourth-order valence-corrected chi connectivity index (χ4v) is 3.39. The van der Waals surface area contributed by atoms with Crippen molar-refractivity contribution in [1.82, 2.24) is 4.90 Å². The van der Waals surface area contributed by atoms with Crippen molar-refractivity contribution in [2.75, 3.05) is 37.7 Å². The summed E-state index contributed by atoms with van der Waals surface area (Å²) >= 11 is 0. The number of amides is 1. The van der Waals surface area contributed by atoms with E-state index >= 15 is 0 Å². The summed E-state index contributed by atoms with van der Waals surface area (Å²) in [5.74, 6) is -0.531. The Morgan fingerprint density at radius 1 is 1.12 bits per heavy atom. The van der Waals surface area contributed by atoms with Crippen LogP contribution in [0.25, 0.3) is 0 Å². The Balaban J connectivity index is 1.62. The van der Waals surface area contributed by atoms with Gasteiger partial charge in [0.1, 0.15) is 11.9 Å².